The van der Waals surface area contributed by atoms with Crippen LogP contribution in [0.1, 0.15) is 36.9 Å². The van der Waals surface area contributed by atoms with Crippen LogP contribution in [0.15, 0.2) is 18.2 Å². The highest BCUT2D eigenvalue weighted by Gasteiger charge is 2.26. The first-order valence-electron chi connectivity index (χ1n) is 6.80. The van der Waals surface area contributed by atoms with Crippen LogP contribution in [0.4, 0.5) is 0 Å². The Labute approximate surface area is 115 Å². The number of benzene rings is 1. The van der Waals surface area contributed by atoms with Gasteiger partial charge in [-0.3, -0.25) is 0 Å². The third-order valence-electron chi connectivity index (χ3n) is 3.81. The Balaban J connectivity index is 2.25. The van der Waals surface area contributed by atoms with Gasteiger partial charge in [0.15, 0.2) is 0 Å². The number of rotatable bonds is 4. The molecule has 1 aliphatic heterocycles. The van der Waals surface area contributed by atoms with Crippen molar-refractivity contribution in [3.05, 3.63) is 34.3 Å². The van der Waals surface area contributed by atoms with Crippen molar-refractivity contribution in [2.24, 2.45) is 5.92 Å². The fraction of sp³-hybridized carbons (Fsp3) is 0.600. The smallest absolute Gasteiger partial charge is 0.0469 e. The summed E-state index contributed by atoms with van der Waals surface area (Å²) in [5.41, 5.74) is 2.55. The van der Waals surface area contributed by atoms with E-state index >= 15 is 0 Å². The lowest BCUT2D eigenvalue weighted by atomic mass is 9.85. The van der Waals surface area contributed by atoms with Gasteiger partial charge in [0.25, 0.3) is 0 Å². The molecule has 18 heavy (non-hydrogen) atoms. The Morgan fingerprint density at radius 1 is 1.39 bits per heavy atom. The summed E-state index contributed by atoms with van der Waals surface area (Å²) >= 11 is 6.24. The van der Waals surface area contributed by atoms with E-state index in [2.05, 4.69) is 25.2 Å². The third kappa shape index (κ3) is 3.05. The molecule has 1 fully saturated rings. The molecule has 2 rings (SSSR count). The first-order valence-corrected chi connectivity index (χ1v) is 7.18. The van der Waals surface area contributed by atoms with Crippen molar-refractivity contribution in [3.63, 3.8) is 0 Å². The van der Waals surface area contributed by atoms with E-state index in [1.165, 1.54) is 11.1 Å². The molecular formula is C15H22ClNO. The van der Waals surface area contributed by atoms with Gasteiger partial charge in [-0.05, 0) is 49.4 Å². The molecule has 1 aliphatic rings. The number of hydrogen-bond donors (Lipinski definition) is 1. The van der Waals surface area contributed by atoms with Crippen molar-refractivity contribution in [3.8, 4) is 0 Å². The number of halogens is 1. The second-order valence-electron chi connectivity index (χ2n) is 4.94. The molecule has 1 atom stereocenters. The molecule has 1 N–H and O–H groups in total. The topological polar surface area (TPSA) is 21.3 Å². The predicted molar refractivity (Wildman–Crippen MR) is 76.1 cm³/mol. The van der Waals surface area contributed by atoms with E-state index in [9.17, 15) is 0 Å². The van der Waals surface area contributed by atoms with Crippen molar-refractivity contribution < 1.29 is 4.74 Å². The van der Waals surface area contributed by atoms with Crippen molar-refractivity contribution in [2.45, 2.75) is 32.7 Å². The van der Waals surface area contributed by atoms with E-state index in [0.717, 1.165) is 37.6 Å². The highest BCUT2D eigenvalue weighted by molar-refractivity contribution is 6.31. The Hall–Kier alpha value is -0.570. The van der Waals surface area contributed by atoms with Gasteiger partial charge in [0.05, 0.1) is 0 Å². The van der Waals surface area contributed by atoms with E-state index in [1.54, 1.807) is 0 Å². The minimum absolute atomic E-state index is 0.401. The van der Waals surface area contributed by atoms with Crippen molar-refractivity contribution in [1.29, 1.82) is 0 Å². The molecule has 1 heterocycles. The van der Waals surface area contributed by atoms with Crippen LogP contribution in [0.2, 0.25) is 5.02 Å². The summed E-state index contributed by atoms with van der Waals surface area (Å²) in [6.07, 6.45) is 2.26. The van der Waals surface area contributed by atoms with Crippen LogP contribution in [0, 0.1) is 12.8 Å². The van der Waals surface area contributed by atoms with E-state index in [1.807, 2.05) is 12.1 Å². The van der Waals surface area contributed by atoms with Crippen LogP contribution in [0.3, 0.4) is 0 Å². The van der Waals surface area contributed by atoms with Gasteiger partial charge in [-0.2, -0.15) is 0 Å². The molecular weight excluding hydrogens is 246 g/mol. The summed E-state index contributed by atoms with van der Waals surface area (Å²) in [7, 11) is 0. The fourth-order valence-corrected chi connectivity index (χ4v) is 2.94. The summed E-state index contributed by atoms with van der Waals surface area (Å²) < 4.78 is 5.46. The summed E-state index contributed by atoms with van der Waals surface area (Å²) in [6.45, 7) is 7.01. The molecule has 2 nitrogen and oxygen atoms in total. The number of nitrogens with one attached hydrogen (secondary N) is 1. The lowest BCUT2D eigenvalue weighted by molar-refractivity contribution is 0.0537. The minimum atomic E-state index is 0.401. The molecule has 1 aromatic carbocycles. The molecule has 0 bridgehead atoms. The standard InChI is InChI=1S/C15H22ClNO/c1-3-17-15(12-7-9-18-10-8-12)13-5-4-6-14(16)11(13)2/h4-6,12,15,17H,3,7-10H2,1-2H3. The summed E-state index contributed by atoms with van der Waals surface area (Å²) in [4.78, 5) is 0. The predicted octanol–water partition coefficient (Wildman–Crippen LogP) is 3.73. The average molecular weight is 268 g/mol. The van der Waals surface area contributed by atoms with Crippen molar-refractivity contribution in [1.82, 2.24) is 5.32 Å². The highest BCUT2D eigenvalue weighted by atomic mass is 35.5. The normalized spacial score (nSPS) is 18.8. The second-order valence-corrected chi connectivity index (χ2v) is 5.35. The monoisotopic (exact) mass is 267 g/mol. The quantitative estimate of drug-likeness (QED) is 0.898. The molecule has 1 unspecified atom stereocenters. The zero-order valence-electron chi connectivity index (χ0n) is 11.2. The van der Waals surface area contributed by atoms with Crippen molar-refractivity contribution >= 4 is 11.6 Å². The van der Waals surface area contributed by atoms with E-state index < -0.39 is 0 Å². The summed E-state index contributed by atoms with van der Waals surface area (Å²) in [5, 5.41) is 4.49. The Morgan fingerprint density at radius 3 is 2.78 bits per heavy atom. The molecule has 0 amide bonds. The van der Waals surface area contributed by atoms with Gasteiger partial charge in [-0.1, -0.05) is 30.7 Å². The van der Waals surface area contributed by atoms with E-state index in [-0.39, 0.29) is 0 Å². The average Bonchev–Trinajstić information content (AvgIpc) is 2.41. The van der Waals surface area contributed by atoms with Crippen LogP contribution in [-0.4, -0.2) is 19.8 Å². The third-order valence-corrected chi connectivity index (χ3v) is 4.22. The maximum Gasteiger partial charge on any atom is 0.0469 e. The largest absolute Gasteiger partial charge is 0.381 e. The molecule has 0 saturated carbocycles. The first kappa shape index (κ1) is 13.9. The van der Waals surface area contributed by atoms with Crippen LogP contribution in [0.5, 0.6) is 0 Å². The number of hydrogen-bond acceptors (Lipinski definition) is 2. The molecule has 0 radical (unpaired) electrons. The fourth-order valence-electron chi connectivity index (χ4n) is 2.76. The maximum atomic E-state index is 6.24. The van der Waals surface area contributed by atoms with Crippen molar-refractivity contribution in [2.75, 3.05) is 19.8 Å². The van der Waals surface area contributed by atoms with Crippen LogP contribution < -0.4 is 5.32 Å². The lowest BCUT2D eigenvalue weighted by Crippen LogP contribution is -2.32. The molecule has 1 saturated heterocycles. The first-order chi connectivity index (χ1) is 8.74. The SMILES string of the molecule is CCNC(c1cccc(Cl)c1C)C1CCOCC1. The zero-order chi connectivity index (χ0) is 13.0. The van der Waals surface area contributed by atoms with Gasteiger partial charge in [0.2, 0.25) is 0 Å². The van der Waals surface area contributed by atoms with Gasteiger partial charge in [-0.15, -0.1) is 0 Å². The lowest BCUT2D eigenvalue weighted by Gasteiger charge is -2.32. The summed E-state index contributed by atoms with van der Waals surface area (Å²) in [6, 6.07) is 6.61. The maximum absolute atomic E-state index is 6.24. The minimum Gasteiger partial charge on any atom is -0.381 e. The van der Waals surface area contributed by atoms with Crippen LogP contribution in [-0.2, 0) is 4.74 Å². The van der Waals surface area contributed by atoms with Gasteiger partial charge in [0, 0.05) is 24.3 Å². The van der Waals surface area contributed by atoms with Gasteiger partial charge in [0.1, 0.15) is 0 Å². The van der Waals surface area contributed by atoms with Gasteiger partial charge in [-0.25, -0.2) is 0 Å². The van der Waals surface area contributed by atoms with Crippen LogP contribution in [0.25, 0.3) is 0 Å². The molecule has 0 spiro atoms. The Bertz CT molecular complexity index is 388. The highest BCUT2D eigenvalue weighted by Crippen LogP contribution is 2.33. The van der Waals surface area contributed by atoms with Crippen LogP contribution >= 0.6 is 11.6 Å². The molecule has 0 aliphatic carbocycles. The molecule has 1 aromatic rings. The molecule has 0 aromatic heterocycles. The molecule has 3 heteroatoms. The zero-order valence-corrected chi connectivity index (χ0v) is 12.0. The van der Waals surface area contributed by atoms with E-state index in [0.29, 0.717) is 12.0 Å². The van der Waals surface area contributed by atoms with Gasteiger partial charge >= 0.3 is 0 Å². The summed E-state index contributed by atoms with van der Waals surface area (Å²) in [5.74, 6) is 0.649. The molecule has 100 valence electrons. The van der Waals surface area contributed by atoms with E-state index in [4.69, 9.17) is 16.3 Å². The second kappa shape index (κ2) is 6.55. The Kier molecular flexibility index (Phi) is 5.04. The number of ether oxygens (including phenoxy) is 1. The Morgan fingerprint density at radius 2 is 2.11 bits per heavy atom. The van der Waals surface area contributed by atoms with Gasteiger partial charge < -0.3 is 10.1 Å².